The fourth-order valence-corrected chi connectivity index (χ4v) is 3.34. The van der Waals surface area contributed by atoms with Gasteiger partial charge in [0.1, 0.15) is 22.5 Å². The van der Waals surface area contributed by atoms with E-state index in [-0.39, 0.29) is 5.82 Å². The summed E-state index contributed by atoms with van der Waals surface area (Å²) in [6.45, 7) is 0.508. The summed E-state index contributed by atoms with van der Waals surface area (Å²) in [6, 6.07) is 16.6. The van der Waals surface area contributed by atoms with Gasteiger partial charge in [-0.3, -0.25) is 0 Å². The maximum atomic E-state index is 13.5. The van der Waals surface area contributed by atoms with Crippen molar-refractivity contribution in [3.63, 3.8) is 0 Å². The van der Waals surface area contributed by atoms with E-state index in [1.54, 1.807) is 6.07 Å². The van der Waals surface area contributed by atoms with Gasteiger partial charge in [0, 0.05) is 19.0 Å². The summed E-state index contributed by atoms with van der Waals surface area (Å²) < 4.78 is 13.5. The molecule has 2 aromatic carbocycles. The molecule has 0 spiro atoms. The summed E-state index contributed by atoms with van der Waals surface area (Å²) in [5, 5.41) is 11.3. The Hall–Kier alpha value is -2.58. The van der Waals surface area contributed by atoms with E-state index >= 15 is 0 Å². The molecule has 1 heterocycles. The van der Waals surface area contributed by atoms with Crippen molar-refractivity contribution < 1.29 is 4.39 Å². The Balaban J connectivity index is 2.14. The summed E-state index contributed by atoms with van der Waals surface area (Å²) in [5.74, 6) is -0.259. The van der Waals surface area contributed by atoms with Gasteiger partial charge in [-0.15, -0.1) is 11.8 Å². The fourth-order valence-electron chi connectivity index (χ4n) is 2.81. The number of aromatic nitrogens is 1. The van der Waals surface area contributed by atoms with Crippen LogP contribution in [-0.2, 0) is 6.54 Å². The molecule has 0 aliphatic rings. The van der Waals surface area contributed by atoms with Crippen LogP contribution in [0.25, 0.3) is 10.9 Å². The van der Waals surface area contributed by atoms with Gasteiger partial charge in [-0.2, -0.15) is 5.26 Å². The minimum atomic E-state index is -0.259. The van der Waals surface area contributed by atoms with E-state index < -0.39 is 0 Å². The first-order valence-corrected chi connectivity index (χ1v) is 8.69. The first kappa shape index (κ1) is 16.3. The third-order valence-electron chi connectivity index (χ3n) is 3.83. The Bertz CT molecular complexity index is 934. The topological polar surface area (TPSA) is 39.9 Å². The Kier molecular flexibility index (Phi) is 4.68. The quantitative estimate of drug-likeness (QED) is 0.652. The highest BCUT2D eigenvalue weighted by molar-refractivity contribution is 7.98. The fraction of sp³-hybridized carbons (Fsp3) is 0.158. The Labute approximate surface area is 144 Å². The van der Waals surface area contributed by atoms with Crippen LogP contribution in [-0.4, -0.2) is 18.3 Å². The maximum Gasteiger partial charge on any atom is 0.123 e. The number of hydrogen-bond acceptors (Lipinski definition) is 4. The van der Waals surface area contributed by atoms with E-state index in [1.165, 1.54) is 23.9 Å². The second-order valence-corrected chi connectivity index (χ2v) is 6.25. The molecule has 0 saturated heterocycles. The van der Waals surface area contributed by atoms with E-state index in [9.17, 15) is 9.65 Å². The highest BCUT2D eigenvalue weighted by Crippen LogP contribution is 2.34. The third-order valence-corrected chi connectivity index (χ3v) is 4.51. The zero-order valence-corrected chi connectivity index (χ0v) is 14.3. The molecule has 0 N–H and O–H groups in total. The highest BCUT2D eigenvalue weighted by Gasteiger charge is 2.18. The van der Waals surface area contributed by atoms with E-state index in [4.69, 9.17) is 0 Å². The Morgan fingerprint density at radius 3 is 2.71 bits per heavy atom. The number of anilines is 1. The van der Waals surface area contributed by atoms with E-state index in [0.29, 0.717) is 17.1 Å². The molecule has 120 valence electrons. The number of nitriles is 1. The lowest BCUT2D eigenvalue weighted by Gasteiger charge is -2.23. The molecule has 5 heteroatoms. The first-order chi connectivity index (χ1) is 11.6. The molecule has 24 heavy (non-hydrogen) atoms. The number of rotatable bonds is 4. The number of fused-ring (bicyclic) bond motifs is 1. The van der Waals surface area contributed by atoms with Crippen molar-refractivity contribution in [2.75, 3.05) is 18.2 Å². The van der Waals surface area contributed by atoms with Crippen molar-refractivity contribution in [1.82, 2.24) is 4.98 Å². The van der Waals surface area contributed by atoms with E-state index in [1.807, 2.05) is 48.5 Å². The van der Waals surface area contributed by atoms with Crippen LogP contribution >= 0.6 is 11.8 Å². The summed E-state index contributed by atoms with van der Waals surface area (Å²) in [7, 11) is 1.91. The number of para-hydroxylation sites is 1. The number of halogens is 1. The van der Waals surface area contributed by atoms with Gasteiger partial charge in [0.25, 0.3) is 0 Å². The number of hydrogen-bond donors (Lipinski definition) is 0. The molecule has 0 fully saturated rings. The summed E-state index contributed by atoms with van der Waals surface area (Å²) in [4.78, 5) is 6.57. The molecule has 0 bridgehead atoms. The van der Waals surface area contributed by atoms with Crippen LogP contribution in [0.4, 0.5) is 10.1 Å². The second kappa shape index (κ2) is 6.90. The van der Waals surface area contributed by atoms with Gasteiger partial charge in [0.15, 0.2) is 0 Å². The van der Waals surface area contributed by atoms with Crippen molar-refractivity contribution >= 4 is 28.4 Å². The van der Waals surface area contributed by atoms with Gasteiger partial charge in [0.2, 0.25) is 0 Å². The van der Waals surface area contributed by atoms with E-state index in [2.05, 4.69) is 11.1 Å². The van der Waals surface area contributed by atoms with Crippen molar-refractivity contribution in [3.8, 4) is 6.07 Å². The van der Waals surface area contributed by atoms with Crippen LogP contribution in [0.2, 0.25) is 0 Å². The Morgan fingerprint density at radius 1 is 1.21 bits per heavy atom. The average molecular weight is 337 g/mol. The Morgan fingerprint density at radius 2 is 2.00 bits per heavy atom. The van der Waals surface area contributed by atoms with E-state index in [0.717, 1.165) is 22.2 Å². The minimum Gasteiger partial charge on any atom is -0.369 e. The number of pyridine rings is 1. The van der Waals surface area contributed by atoms with Gasteiger partial charge in [-0.1, -0.05) is 30.3 Å². The second-order valence-electron chi connectivity index (χ2n) is 5.46. The largest absolute Gasteiger partial charge is 0.369 e. The maximum absolute atomic E-state index is 13.5. The molecule has 0 atom stereocenters. The monoisotopic (exact) mass is 337 g/mol. The first-order valence-electron chi connectivity index (χ1n) is 7.46. The number of nitrogens with zero attached hydrogens (tertiary/aromatic N) is 3. The highest BCUT2D eigenvalue weighted by atomic mass is 32.2. The minimum absolute atomic E-state index is 0.259. The third kappa shape index (κ3) is 3.06. The predicted octanol–water partition coefficient (Wildman–Crippen LogP) is 4.60. The molecule has 1 aromatic heterocycles. The normalized spacial score (nSPS) is 10.6. The summed E-state index contributed by atoms with van der Waals surface area (Å²) in [6.07, 6.45) is 1.91. The molecule has 0 radical (unpaired) electrons. The molecule has 3 nitrogen and oxygen atoms in total. The van der Waals surface area contributed by atoms with Crippen molar-refractivity contribution in [2.45, 2.75) is 11.6 Å². The molecule has 0 unspecified atom stereocenters. The standard InChI is InChI=1S/C19H16FN3S/c1-23(12-13-6-5-7-14(20)10-13)18-15-8-3-4-9-17(15)22-19(24-2)16(18)11-21/h3-10H,12H2,1-2H3. The zero-order valence-electron chi connectivity index (χ0n) is 13.5. The smallest absolute Gasteiger partial charge is 0.123 e. The van der Waals surface area contributed by atoms with Gasteiger partial charge in [-0.25, -0.2) is 9.37 Å². The number of benzene rings is 2. The molecule has 0 aliphatic heterocycles. The van der Waals surface area contributed by atoms with Crippen molar-refractivity contribution in [3.05, 3.63) is 65.5 Å². The molecule has 0 saturated carbocycles. The van der Waals surface area contributed by atoms with Crippen LogP contribution < -0.4 is 4.90 Å². The van der Waals surface area contributed by atoms with Crippen LogP contribution in [0.3, 0.4) is 0 Å². The van der Waals surface area contributed by atoms with Crippen molar-refractivity contribution in [2.24, 2.45) is 0 Å². The molecule has 0 aliphatic carbocycles. The molecular formula is C19H16FN3S. The lowest BCUT2D eigenvalue weighted by molar-refractivity contribution is 0.625. The van der Waals surface area contributed by atoms with Crippen LogP contribution in [0, 0.1) is 17.1 Å². The molecule has 3 aromatic rings. The van der Waals surface area contributed by atoms with Gasteiger partial charge >= 0.3 is 0 Å². The summed E-state index contributed by atoms with van der Waals surface area (Å²) >= 11 is 1.45. The van der Waals surface area contributed by atoms with Crippen molar-refractivity contribution in [1.29, 1.82) is 5.26 Å². The average Bonchev–Trinajstić information content (AvgIpc) is 2.59. The zero-order chi connectivity index (χ0) is 17.1. The van der Waals surface area contributed by atoms with Crippen LogP contribution in [0.15, 0.2) is 53.6 Å². The van der Waals surface area contributed by atoms with Gasteiger partial charge < -0.3 is 4.90 Å². The lowest BCUT2D eigenvalue weighted by Crippen LogP contribution is -2.19. The number of thioether (sulfide) groups is 1. The SMILES string of the molecule is CSc1nc2ccccc2c(N(C)Cc2cccc(F)c2)c1C#N. The van der Waals surface area contributed by atoms with Crippen LogP contribution in [0.1, 0.15) is 11.1 Å². The molecule has 0 amide bonds. The van der Waals surface area contributed by atoms with Crippen LogP contribution in [0.5, 0.6) is 0 Å². The lowest BCUT2D eigenvalue weighted by atomic mass is 10.1. The molecular weight excluding hydrogens is 321 g/mol. The predicted molar refractivity (Wildman–Crippen MR) is 96.7 cm³/mol. The molecule has 3 rings (SSSR count). The summed E-state index contributed by atoms with van der Waals surface area (Å²) in [5.41, 5.74) is 3.09. The van der Waals surface area contributed by atoms with Gasteiger partial charge in [0.05, 0.1) is 11.2 Å². The van der Waals surface area contributed by atoms with Gasteiger partial charge in [-0.05, 0) is 30.0 Å².